The van der Waals surface area contributed by atoms with Crippen LogP contribution >= 0.6 is 23.1 Å². The molecule has 0 radical (unpaired) electrons. The predicted octanol–water partition coefficient (Wildman–Crippen LogP) is 3.42. The van der Waals surface area contributed by atoms with Gasteiger partial charge in [-0.1, -0.05) is 35.2 Å². The van der Waals surface area contributed by atoms with E-state index in [1.54, 1.807) is 11.0 Å². The van der Waals surface area contributed by atoms with Crippen LogP contribution in [0.25, 0.3) is 0 Å². The van der Waals surface area contributed by atoms with Gasteiger partial charge in [0.1, 0.15) is 0 Å². The molecule has 26 heavy (non-hydrogen) atoms. The van der Waals surface area contributed by atoms with Gasteiger partial charge < -0.3 is 10.2 Å². The fourth-order valence-electron chi connectivity index (χ4n) is 2.68. The Balaban J connectivity index is 1.64. The quantitative estimate of drug-likeness (QED) is 0.466. The van der Waals surface area contributed by atoms with Gasteiger partial charge in [0.2, 0.25) is 16.9 Å². The maximum Gasteiger partial charge on any atom is 0.231 e. The molecule has 2 amide bonds. The van der Waals surface area contributed by atoms with Gasteiger partial charge in [0.25, 0.3) is 0 Å². The van der Waals surface area contributed by atoms with Crippen molar-refractivity contribution < 1.29 is 9.59 Å². The average Bonchev–Trinajstić information content (AvgIpc) is 3.22. The molecular formula is C18H20N4O2S2. The summed E-state index contributed by atoms with van der Waals surface area (Å²) in [4.78, 5) is 26.6. The van der Waals surface area contributed by atoms with Gasteiger partial charge in [0.15, 0.2) is 4.34 Å². The largest absolute Gasteiger partial charge is 0.312 e. The summed E-state index contributed by atoms with van der Waals surface area (Å²) >= 11 is 2.84. The van der Waals surface area contributed by atoms with Crippen molar-refractivity contribution in [2.75, 3.05) is 22.5 Å². The summed E-state index contributed by atoms with van der Waals surface area (Å²) in [5.74, 6) is 0.122. The van der Waals surface area contributed by atoms with Gasteiger partial charge in [-0.25, -0.2) is 0 Å². The highest BCUT2D eigenvalue weighted by Gasteiger charge is 2.35. The highest BCUT2D eigenvalue weighted by molar-refractivity contribution is 8.01. The van der Waals surface area contributed by atoms with Gasteiger partial charge >= 0.3 is 0 Å². The number of aryl methyl sites for hydroxylation is 2. The third-order valence-corrected chi connectivity index (χ3v) is 6.23. The number of hydrogen-bond acceptors (Lipinski definition) is 6. The number of hydrogen-bond donors (Lipinski definition) is 1. The lowest BCUT2D eigenvalue weighted by Gasteiger charge is -2.17. The number of rotatable bonds is 6. The molecule has 0 saturated carbocycles. The summed E-state index contributed by atoms with van der Waals surface area (Å²) in [5, 5.41) is 11.2. The van der Waals surface area contributed by atoms with Crippen LogP contribution in [0.2, 0.25) is 0 Å². The lowest BCUT2D eigenvalue weighted by molar-refractivity contribution is -0.122. The molecule has 3 rings (SSSR count). The summed E-state index contributed by atoms with van der Waals surface area (Å²) in [6, 6.07) is 5.91. The first-order chi connectivity index (χ1) is 12.5. The number of carbonyl (C=O) groups excluding carboxylic acids is 2. The highest BCUT2D eigenvalue weighted by atomic mass is 32.2. The number of anilines is 2. The fourth-order valence-corrected chi connectivity index (χ4v) is 4.20. The van der Waals surface area contributed by atoms with Crippen LogP contribution in [0.4, 0.5) is 10.8 Å². The third kappa shape index (κ3) is 4.13. The minimum absolute atomic E-state index is 0.0344. The van der Waals surface area contributed by atoms with Crippen molar-refractivity contribution in [2.45, 2.75) is 24.6 Å². The van der Waals surface area contributed by atoms with Crippen LogP contribution in [0.1, 0.15) is 17.5 Å². The normalized spacial score (nSPS) is 16.8. The molecule has 6 nitrogen and oxygen atoms in total. The number of nitrogens with zero attached hydrogens (tertiary/aromatic N) is 3. The molecule has 2 heterocycles. The van der Waals surface area contributed by atoms with E-state index in [0.29, 0.717) is 11.7 Å². The Bertz CT molecular complexity index is 849. The first-order valence-electron chi connectivity index (χ1n) is 8.23. The third-order valence-electron chi connectivity index (χ3n) is 4.26. The fraction of sp³-hybridized carbons (Fsp3) is 0.333. The number of aromatic nitrogens is 2. The van der Waals surface area contributed by atoms with Crippen molar-refractivity contribution in [3.63, 3.8) is 0 Å². The van der Waals surface area contributed by atoms with Crippen LogP contribution in [-0.2, 0) is 9.59 Å². The Morgan fingerprint density at radius 2 is 2.23 bits per heavy atom. The average molecular weight is 389 g/mol. The Morgan fingerprint density at radius 1 is 1.42 bits per heavy atom. The molecule has 1 aromatic carbocycles. The molecular weight excluding hydrogens is 368 g/mol. The molecule has 0 unspecified atom stereocenters. The predicted molar refractivity (Wildman–Crippen MR) is 106 cm³/mol. The molecule has 1 aromatic heterocycles. The number of amides is 2. The minimum atomic E-state index is -0.391. The first-order valence-corrected chi connectivity index (χ1v) is 10.0. The first kappa shape index (κ1) is 18.6. The van der Waals surface area contributed by atoms with Crippen molar-refractivity contribution in [3.8, 4) is 0 Å². The van der Waals surface area contributed by atoms with Crippen molar-refractivity contribution >= 4 is 45.7 Å². The van der Waals surface area contributed by atoms with E-state index < -0.39 is 5.92 Å². The van der Waals surface area contributed by atoms with Crippen LogP contribution < -0.4 is 10.2 Å². The Hall–Kier alpha value is -2.19. The van der Waals surface area contributed by atoms with Crippen LogP contribution in [-0.4, -0.2) is 34.3 Å². The maximum atomic E-state index is 12.5. The molecule has 0 spiro atoms. The topological polar surface area (TPSA) is 75.2 Å². The molecule has 1 atom stereocenters. The highest BCUT2D eigenvalue weighted by Crippen LogP contribution is 2.29. The van der Waals surface area contributed by atoms with Gasteiger partial charge in [0, 0.05) is 24.4 Å². The number of nitrogens with one attached hydrogen (secondary N) is 1. The van der Waals surface area contributed by atoms with E-state index in [4.69, 9.17) is 0 Å². The molecule has 1 fully saturated rings. The van der Waals surface area contributed by atoms with Gasteiger partial charge in [-0.3, -0.25) is 9.59 Å². The molecule has 1 saturated heterocycles. The van der Waals surface area contributed by atoms with E-state index in [-0.39, 0.29) is 18.2 Å². The summed E-state index contributed by atoms with van der Waals surface area (Å²) in [5.41, 5.74) is 3.14. The van der Waals surface area contributed by atoms with E-state index in [1.807, 2.05) is 32.0 Å². The standard InChI is InChI=1S/C18H20N4O2S2/c1-4-7-25-18-21-20-17(26-18)19-16(24)13-9-15(23)22(10-13)14-6-5-11(2)12(3)8-14/h4-6,8,13H,1,7,9-10H2,2-3H3,(H,19,20,24)/t13-/m1/s1. The number of thioether (sulfide) groups is 1. The minimum Gasteiger partial charge on any atom is -0.312 e. The smallest absolute Gasteiger partial charge is 0.231 e. The zero-order valence-corrected chi connectivity index (χ0v) is 16.3. The summed E-state index contributed by atoms with van der Waals surface area (Å²) in [6.07, 6.45) is 1.99. The zero-order chi connectivity index (χ0) is 18.7. The van der Waals surface area contributed by atoms with Gasteiger partial charge in [-0.15, -0.1) is 16.8 Å². The number of benzene rings is 1. The van der Waals surface area contributed by atoms with Gasteiger partial charge in [0.05, 0.1) is 5.92 Å². The zero-order valence-electron chi connectivity index (χ0n) is 14.7. The van der Waals surface area contributed by atoms with Gasteiger partial charge in [-0.05, 0) is 37.1 Å². The van der Waals surface area contributed by atoms with Crippen LogP contribution in [0, 0.1) is 19.8 Å². The second-order valence-corrected chi connectivity index (χ2v) is 8.38. The number of carbonyl (C=O) groups is 2. The second kappa shape index (κ2) is 8.01. The summed E-state index contributed by atoms with van der Waals surface area (Å²) < 4.78 is 0.777. The lowest BCUT2D eigenvalue weighted by atomic mass is 10.1. The van der Waals surface area contributed by atoms with Crippen molar-refractivity contribution in [3.05, 3.63) is 42.0 Å². The molecule has 1 aliphatic rings. The van der Waals surface area contributed by atoms with Gasteiger partial charge in [-0.2, -0.15) is 0 Å². The molecule has 1 aliphatic heterocycles. The molecule has 8 heteroatoms. The van der Waals surface area contributed by atoms with Crippen LogP contribution in [0.3, 0.4) is 0 Å². The van der Waals surface area contributed by atoms with Crippen LogP contribution in [0.15, 0.2) is 35.2 Å². The Morgan fingerprint density at radius 3 is 2.96 bits per heavy atom. The Kier molecular flexibility index (Phi) is 5.73. The molecule has 2 aromatic rings. The lowest BCUT2D eigenvalue weighted by Crippen LogP contribution is -2.28. The maximum absolute atomic E-state index is 12.5. The van der Waals surface area contributed by atoms with Crippen molar-refractivity contribution in [2.24, 2.45) is 5.92 Å². The van der Waals surface area contributed by atoms with E-state index in [1.165, 1.54) is 28.7 Å². The van der Waals surface area contributed by atoms with E-state index in [9.17, 15) is 9.59 Å². The SMILES string of the molecule is C=CCSc1nnc(NC(=O)[C@@H]2CC(=O)N(c3ccc(C)c(C)c3)C2)s1. The van der Waals surface area contributed by atoms with E-state index in [2.05, 4.69) is 22.1 Å². The monoisotopic (exact) mass is 388 g/mol. The Labute approximate surface area is 160 Å². The van der Waals surface area contributed by atoms with Crippen molar-refractivity contribution in [1.29, 1.82) is 0 Å². The summed E-state index contributed by atoms with van der Waals surface area (Å²) in [7, 11) is 0. The van der Waals surface area contributed by atoms with Crippen molar-refractivity contribution in [1.82, 2.24) is 10.2 Å². The van der Waals surface area contributed by atoms with Crippen LogP contribution in [0.5, 0.6) is 0 Å². The second-order valence-electron chi connectivity index (χ2n) is 6.14. The molecule has 1 N–H and O–H groups in total. The molecule has 136 valence electrons. The molecule has 0 bridgehead atoms. The van der Waals surface area contributed by atoms with E-state index >= 15 is 0 Å². The molecule has 0 aliphatic carbocycles. The summed E-state index contributed by atoms with van der Waals surface area (Å²) in [6.45, 7) is 8.09. The van der Waals surface area contributed by atoms with E-state index in [0.717, 1.165) is 21.3 Å².